The number of rotatable bonds is 10. The van der Waals surface area contributed by atoms with E-state index < -0.39 is 6.04 Å². The van der Waals surface area contributed by atoms with E-state index in [0.29, 0.717) is 6.42 Å². The van der Waals surface area contributed by atoms with Crippen LogP contribution >= 0.6 is 23.5 Å². The first kappa shape index (κ1) is 22.8. The zero-order valence-corrected chi connectivity index (χ0v) is 19.0. The lowest BCUT2D eigenvalue weighted by Crippen LogP contribution is -2.44. The van der Waals surface area contributed by atoms with Crippen LogP contribution in [-0.4, -0.2) is 35.1 Å². The molecule has 1 fully saturated rings. The highest BCUT2D eigenvalue weighted by Crippen LogP contribution is 2.30. The Balaban J connectivity index is 1.57. The van der Waals surface area contributed by atoms with E-state index in [0.717, 1.165) is 22.4 Å². The minimum atomic E-state index is -0.615. The van der Waals surface area contributed by atoms with Crippen LogP contribution in [0.1, 0.15) is 54.6 Å². The summed E-state index contributed by atoms with van der Waals surface area (Å²) in [6.07, 6.45) is 10.7. The van der Waals surface area contributed by atoms with E-state index in [1.54, 1.807) is 23.9 Å². The molecule has 1 heterocycles. The number of nitrogens with one attached hydrogen (secondary N) is 2. The van der Waals surface area contributed by atoms with Crippen molar-refractivity contribution in [3.63, 3.8) is 0 Å². The Kier molecular flexibility index (Phi) is 9.21. The lowest BCUT2D eigenvalue weighted by molar-refractivity contribution is -0.118. The molecule has 3 rings (SSSR count). The van der Waals surface area contributed by atoms with E-state index in [1.165, 1.54) is 43.9 Å². The van der Waals surface area contributed by atoms with Gasteiger partial charge < -0.3 is 15.1 Å². The Morgan fingerprint density at radius 1 is 1.17 bits per heavy atom. The highest BCUT2D eigenvalue weighted by atomic mass is 32.2. The van der Waals surface area contributed by atoms with Gasteiger partial charge in [0.25, 0.3) is 5.91 Å². The largest absolute Gasteiger partial charge is 0.459 e. The molecule has 0 aliphatic heterocycles. The SMILES string of the molecule is CSCCC(NC(=O)c1ccco1)C(=O)Nc1cccc(CSC2CCCCC2)c1. The Bertz CT molecular complexity index is 805. The smallest absolute Gasteiger partial charge is 0.287 e. The fraction of sp³-hybridized carbons (Fsp3) is 0.478. The molecule has 7 heteroatoms. The summed E-state index contributed by atoms with van der Waals surface area (Å²) in [5.74, 6) is 1.35. The van der Waals surface area contributed by atoms with Crippen molar-refractivity contribution in [3.8, 4) is 0 Å². The third-order valence-electron chi connectivity index (χ3n) is 5.21. The van der Waals surface area contributed by atoms with Crippen molar-refractivity contribution >= 4 is 41.0 Å². The number of hydrogen-bond donors (Lipinski definition) is 2. The number of furan rings is 1. The molecule has 1 aromatic carbocycles. The normalized spacial score (nSPS) is 15.5. The van der Waals surface area contributed by atoms with Gasteiger partial charge in [-0.05, 0) is 61.1 Å². The van der Waals surface area contributed by atoms with Gasteiger partial charge in [0.15, 0.2) is 5.76 Å². The molecular formula is C23H30N2O3S2. The molecule has 5 nitrogen and oxygen atoms in total. The summed E-state index contributed by atoms with van der Waals surface area (Å²) in [7, 11) is 0. The number of anilines is 1. The van der Waals surface area contributed by atoms with Crippen LogP contribution in [0.5, 0.6) is 0 Å². The molecule has 2 aromatic rings. The zero-order chi connectivity index (χ0) is 21.2. The second-order valence-corrected chi connectivity index (χ2v) is 9.82. The van der Waals surface area contributed by atoms with Crippen LogP contribution in [-0.2, 0) is 10.5 Å². The van der Waals surface area contributed by atoms with Gasteiger partial charge in [-0.2, -0.15) is 23.5 Å². The predicted molar refractivity (Wildman–Crippen MR) is 126 cm³/mol. The van der Waals surface area contributed by atoms with Crippen LogP contribution in [0, 0.1) is 0 Å². The topological polar surface area (TPSA) is 71.3 Å². The van der Waals surface area contributed by atoms with E-state index in [2.05, 4.69) is 16.7 Å². The highest BCUT2D eigenvalue weighted by molar-refractivity contribution is 7.99. The van der Waals surface area contributed by atoms with Crippen molar-refractivity contribution in [2.24, 2.45) is 0 Å². The fourth-order valence-corrected chi connectivity index (χ4v) is 5.30. The van der Waals surface area contributed by atoms with E-state index in [1.807, 2.05) is 36.2 Å². The van der Waals surface area contributed by atoms with E-state index in [9.17, 15) is 9.59 Å². The van der Waals surface area contributed by atoms with Crippen molar-refractivity contribution in [2.75, 3.05) is 17.3 Å². The fourth-order valence-electron chi connectivity index (χ4n) is 3.56. The maximum Gasteiger partial charge on any atom is 0.287 e. The van der Waals surface area contributed by atoms with Gasteiger partial charge in [0.05, 0.1) is 6.26 Å². The summed E-state index contributed by atoms with van der Waals surface area (Å²) in [4.78, 5) is 25.2. The molecule has 1 aliphatic rings. The standard InChI is InChI=1S/C23H30N2O3S2/c1-29-14-12-20(25-23(27)21-11-6-13-28-21)22(26)24-18-8-5-7-17(15-18)16-30-19-9-3-2-4-10-19/h5-8,11,13,15,19-20H,2-4,9-10,12,14,16H2,1H3,(H,24,26)(H,25,27). The van der Waals surface area contributed by atoms with Gasteiger partial charge in [-0.1, -0.05) is 31.4 Å². The molecule has 0 bridgehead atoms. The van der Waals surface area contributed by atoms with Gasteiger partial charge in [0.1, 0.15) is 6.04 Å². The lowest BCUT2D eigenvalue weighted by Gasteiger charge is -2.21. The molecular weight excluding hydrogens is 416 g/mol. The monoisotopic (exact) mass is 446 g/mol. The van der Waals surface area contributed by atoms with Gasteiger partial charge in [-0.25, -0.2) is 0 Å². The maximum absolute atomic E-state index is 12.9. The van der Waals surface area contributed by atoms with Crippen LogP contribution in [0.3, 0.4) is 0 Å². The summed E-state index contributed by atoms with van der Waals surface area (Å²) in [6, 6.07) is 10.6. The molecule has 1 atom stereocenters. The second-order valence-electron chi connectivity index (χ2n) is 7.55. The second kappa shape index (κ2) is 12.1. The quantitative estimate of drug-likeness (QED) is 0.516. The lowest BCUT2D eigenvalue weighted by atomic mass is 10.0. The first-order valence-corrected chi connectivity index (χ1v) is 12.9. The number of amides is 2. The Labute approximate surface area is 187 Å². The average molecular weight is 447 g/mol. The van der Waals surface area contributed by atoms with Crippen molar-refractivity contribution in [1.29, 1.82) is 0 Å². The number of carbonyl (C=O) groups excluding carboxylic acids is 2. The summed E-state index contributed by atoms with van der Waals surface area (Å²) < 4.78 is 5.14. The maximum atomic E-state index is 12.9. The van der Waals surface area contributed by atoms with Crippen molar-refractivity contribution in [2.45, 2.75) is 55.6 Å². The third-order valence-corrected chi connectivity index (χ3v) is 7.30. The van der Waals surface area contributed by atoms with E-state index in [4.69, 9.17) is 4.42 Å². The van der Waals surface area contributed by atoms with Crippen LogP contribution in [0.2, 0.25) is 0 Å². The van der Waals surface area contributed by atoms with E-state index in [-0.39, 0.29) is 17.6 Å². The zero-order valence-electron chi connectivity index (χ0n) is 17.4. The molecule has 0 radical (unpaired) electrons. The van der Waals surface area contributed by atoms with Crippen molar-refractivity contribution in [1.82, 2.24) is 5.32 Å². The molecule has 1 aliphatic carbocycles. The summed E-state index contributed by atoms with van der Waals surface area (Å²) in [6.45, 7) is 0. The minimum Gasteiger partial charge on any atom is -0.459 e. The highest BCUT2D eigenvalue weighted by Gasteiger charge is 2.22. The van der Waals surface area contributed by atoms with Crippen molar-refractivity contribution in [3.05, 3.63) is 54.0 Å². The van der Waals surface area contributed by atoms with Gasteiger partial charge >= 0.3 is 0 Å². The molecule has 1 saturated carbocycles. The summed E-state index contributed by atoms with van der Waals surface area (Å²) >= 11 is 3.66. The van der Waals surface area contributed by atoms with Gasteiger partial charge in [0, 0.05) is 16.7 Å². The first-order chi connectivity index (χ1) is 14.7. The Morgan fingerprint density at radius 3 is 2.73 bits per heavy atom. The number of hydrogen-bond acceptors (Lipinski definition) is 5. The Hall–Kier alpha value is -1.86. The summed E-state index contributed by atoms with van der Waals surface area (Å²) in [5, 5.41) is 6.53. The Morgan fingerprint density at radius 2 is 2.00 bits per heavy atom. The number of thioether (sulfide) groups is 2. The number of benzene rings is 1. The van der Waals surface area contributed by atoms with Gasteiger partial charge in [-0.15, -0.1) is 0 Å². The molecule has 30 heavy (non-hydrogen) atoms. The molecule has 2 N–H and O–H groups in total. The molecule has 1 aromatic heterocycles. The van der Waals surface area contributed by atoms with Gasteiger partial charge in [-0.3, -0.25) is 9.59 Å². The van der Waals surface area contributed by atoms with Crippen LogP contribution in [0.25, 0.3) is 0 Å². The van der Waals surface area contributed by atoms with E-state index >= 15 is 0 Å². The molecule has 1 unspecified atom stereocenters. The number of carbonyl (C=O) groups is 2. The molecule has 0 spiro atoms. The van der Waals surface area contributed by atoms with Crippen LogP contribution in [0.4, 0.5) is 5.69 Å². The minimum absolute atomic E-state index is 0.207. The third kappa shape index (κ3) is 7.13. The van der Waals surface area contributed by atoms with Gasteiger partial charge in [0.2, 0.25) is 5.91 Å². The summed E-state index contributed by atoms with van der Waals surface area (Å²) in [5.41, 5.74) is 1.98. The predicted octanol–water partition coefficient (Wildman–Crippen LogP) is 5.34. The first-order valence-electron chi connectivity index (χ1n) is 10.5. The average Bonchev–Trinajstić information content (AvgIpc) is 3.31. The molecule has 2 amide bonds. The van der Waals surface area contributed by atoms with Crippen LogP contribution < -0.4 is 10.6 Å². The van der Waals surface area contributed by atoms with Crippen molar-refractivity contribution < 1.29 is 14.0 Å². The molecule has 162 valence electrons. The molecule has 0 saturated heterocycles. The van der Waals surface area contributed by atoms with Crippen LogP contribution in [0.15, 0.2) is 47.1 Å².